The highest BCUT2D eigenvalue weighted by atomic mass is 19.4. The van der Waals surface area contributed by atoms with Gasteiger partial charge in [0.2, 0.25) is 0 Å². The summed E-state index contributed by atoms with van der Waals surface area (Å²) >= 11 is 0. The summed E-state index contributed by atoms with van der Waals surface area (Å²) in [5.41, 5.74) is 6.42. The van der Waals surface area contributed by atoms with Crippen molar-refractivity contribution in [1.29, 1.82) is 0 Å². The average molecular weight is 253 g/mol. The number of phenols is 1. The van der Waals surface area contributed by atoms with Crippen LogP contribution >= 0.6 is 0 Å². The Morgan fingerprint density at radius 3 is 2.11 bits per heavy atom. The minimum absolute atomic E-state index is 0.0131. The predicted octanol–water partition coefficient (Wildman–Crippen LogP) is 3.66. The van der Waals surface area contributed by atoms with Crippen molar-refractivity contribution >= 4 is 5.69 Å². The van der Waals surface area contributed by atoms with Gasteiger partial charge >= 0.3 is 6.18 Å². The molecule has 0 amide bonds. The van der Waals surface area contributed by atoms with E-state index in [-0.39, 0.29) is 5.75 Å². The Bertz CT molecular complexity index is 561. The molecule has 0 heterocycles. The molecule has 0 unspecified atom stereocenters. The van der Waals surface area contributed by atoms with E-state index in [0.29, 0.717) is 16.8 Å². The van der Waals surface area contributed by atoms with Gasteiger partial charge in [-0.15, -0.1) is 0 Å². The molecule has 2 nitrogen and oxygen atoms in total. The fourth-order valence-electron chi connectivity index (χ4n) is 1.63. The van der Waals surface area contributed by atoms with Crippen molar-refractivity contribution in [1.82, 2.24) is 0 Å². The summed E-state index contributed by atoms with van der Waals surface area (Å²) in [5, 5.41) is 9.35. The molecule has 0 radical (unpaired) electrons. The molecule has 0 bridgehead atoms. The maximum Gasteiger partial charge on any atom is 0.416 e. The Morgan fingerprint density at radius 1 is 0.944 bits per heavy atom. The summed E-state index contributed by atoms with van der Waals surface area (Å²) < 4.78 is 37.2. The number of hydrogen-bond donors (Lipinski definition) is 2. The Kier molecular flexibility index (Phi) is 2.90. The lowest BCUT2D eigenvalue weighted by atomic mass is 10.0. The summed E-state index contributed by atoms with van der Waals surface area (Å²) in [7, 11) is 0. The second-order valence-electron chi connectivity index (χ2n) is 3.85. The lowest BCUT2D eigenvalue weighted by Gasteiger charge is -2.09. The van der Waals surface area contributed by atoms with Crippen LogP contribution in [0.3, 0.4) is 0 Å². The van der Waals surface area contributed by atoms with Gasteiger partial charge in [-0.25, -0.2) is 0 Å². The number of anilines is 1. The van der Waals surface area contributed by atoms with Crippen molar-refractivity contribution < 1.29 is 18.3 Å². The van der Waals surface area contributed by atoms with Gasteiger partial charge in [-0.2, -0.15) is 13.2 Å². The molecule has 2 aromatic carbocycles. The first kappa shape index (κ1) is 12.3. The molecule has 0 aliphatic heterocycles. The highest BCUT2D eigenvalue weighted by molar-refractivity contribution is 5.77. The minimum Gasteiger partial charge on any atom is -0.508 e. The quantitative estimate of drug-likeness (QED) is 0.601. The molecule has 3 N–H and O–H groups in total. The van der Waals surface area contributed by atoms with Crippen molar-refractivity contribution in [3.05, 3.63) is 48.0 Å². The SMILES string of the molecule is Nc1ccc(O)cc1-c1ccc(C(F)(F)F)cc1. The average Bonchev–Trinajstić information content (AvgIpc) is 2.31. The van der Waals surface area contributed by atoms with E-state index in [1.54, 1.807) is 0 Å². The topological polar surface area (TPSA) is 46.2 Å². The molecular weight excluding hydrogens is 243 g/mol. The largest absolute Gasteiger partial charge is 0.508 e. The molecule has 0 fully saturated rings. The van der Waals surface area contributed by atoms with Crippen LogP contribution in [0.25, 0.3) is 11.1 Å². The van der Waals surface area contributed by atoms with Crippen LogP contribution < -0.4 is 5.73 Å². The first-order valence-electron chi connectivity index (χ1n) is 5.14. The summed E-state index contributed by atoms with van der Waals surface area (Å²) in [4.78, 5) is 0. The van der Waals surface area contributed by atoms with E-state index in [1.807, 2.05) is 0 Å². The fourth-order valence-corrected chi connectivity index (χ4v) is 1.63. The normalized spacial score (nSPS) is 11.5. The third-order valence-corrected chi connectivity index (χ3v) is 2.56. The van der Waals surface area contributed by atoms with E-state index >= 15 is 0 Å². The lowest BCUT2D eigenvalue weighted by molar-refractivity contribution is -0.137. The number of phenolic OH excluding ortho intramolecular Hbond substituents is 1. The van der Waals surface area contributed by atoms with E-state index < -0.39 is 11.7 Å². The van der Waals surface area contributed by atoms with Crippen molar-refractivity contribution in [2.75, 3.05) is 5.73 Å². The van der Waals surface area contributed by atoms with E-state index in [0.717, 1.165) is 12.1 Å². The second kappa shape index (κ2) is 4.25. The van der Waals surface area contributed by atoms with Crippen LogP contribution in [0, 0.1) is 0 Å². The molecule has 5 heteroatoms. The molecule has 0 saturated carbocycles. The van der Waals surface area contributed by atoms with E-state index in [9.17, 15) is 18.3 Å². The predicted molar refractivity (Wildman–Crippen MR) is 63.0 cm³/mol. The molecule has 2 aromatic rings. The second-order valence-corrected chi connectivity index (χ2v) is 3.85. The minimum atomic E-state index is -4.36. The highest BCUT2D eigenvalue weighted by Crippen LogP contribution is 2.33. The van der Waals surface area contributed by atoms with Gasteiger partial charge in [-0.3, -0.25) is 0 Å². The monoisotopic (exact) mass is 253 g/mol. The van der Waals surface area contributed by atoms with Crippen LogP contribution in [0.15, 0.2) is 42.5 Å². The van der Waals surface area contributed by atoms with Crippen LogP contribution in [-0.2, 0) is 6.18 Å². The van der Waals surface area contributed by atoms with Gasteiger partial charge in [0, 0.05) is 11.3 Å². The number of nitrogens with two attached hydrogens (primary N) is 1. The van der Waals surface area contributed by atoms with E-state index in [1.165, 1.54) is 30.3 Å². The standard InChI is InChI=1S/C13H10F3NO/c14-13(15,16)9-3-1-8(2-4-9)11-7-10(18)5-6-12(11)17/h1-7,18H,17H2. The van der Waals surface area contributed by atoms with Gasteiger partial charge in [-0.1, -0.05) is 12.1 Å². The summed E-state index contributed by atoms with van der Waals surface area (Å²) in [6, 6.07) is 8.96. The number of halogens is 3. The fraction of sp³-hybridized carbons (Fsp3) is 0.0769. The number of alkyl halides is 3. The Morgan fingerprint density at radius 2 is 1.56 bits per heavy atom. The third-order valence-electron chi connectivity index (χ3n) is 2.56. The molecule has 2 rings (SSSR count). The van der Waals surface area contributed by atoms with Gasteiger partial charge in [-0.05, 0) is 35.9 Å². The third kappa shape index (κ3) is 2.40. The van der Waals surface area contributed by atoms with Crippen LogP contribution in [-0.4, -0.2) is 5.11 Å². The Balaban J connectivity index is 2.43. The maximum atomic E-state index is 12.4. The summed E-state index contributed by atoms with van der Waals surface area (Å²) in [5.74, 6) is 0.0131. The van der Waals surface area contributed by atoms with Crippen molar-refractivity contribution in [3.8, 4) is 16.9 Å². The maximum absolute atomic E-state index is 12.4. The molecule has 0 saturated heterocycles. The van der Waals surface area contributed by atoms with Crippen molar-refractivity contribution in [3.63, 3.8) is 0 Å². The van der Waals surface area contributed by atoms with Crippen LogP contribution in [0.4, 0.5) is 18.9 Å². The highest BCUT2D eigenvalue weighted by Gasteiger charge is 2.29. The summed E-state index contributed by atoms with van der Waals surface area (Å²) in [6.07, 6.45) is -4.36. The molecular formula is C13H10F3NO. The molecule has 0 aromatic heterocycles. The number of rotatable bonds is 1. The van der Waals surface area contributed by atoms with Crippen LogP contribution in [0.1, 0.15) is 5.56 Å². The molecule has 0 spiro atoms. The Labute approximate surface area is 101 Å². The smallest absolute Gasteiger partial charge is 0.416 e. The lowest BCUT2D eigenvalue weighted by Crippen LogP contribution is -2.04. The van der Waals surface area contributed by atoms with Crippen molar-refractivity contribution in [2.24, 2.45) is 0 Å². The van der Waals surface area contributed by atoms with Crippen molar-refractivity contribution in [2.45, 2.75) is 6.18 Å². The van der Waals surface area contributed by atoms with Gasteiger partial charge in [0.1, 0.15) is 5.75 Å². The first-order chi connectivity index (χ1) is 8.38. The first-order valence-corrected chi connectivity index (χ1v) is 5.14. The molecule has 0 aliphatic rings. The molecule has 0 atom stereocenters. The zero-order valence-corrected chi connectivity index (χ0v) is 9.20. The number of nitrogen functional groups attached to an aromatic ring is 1. The summed E-state index contributed by atoms with van der Waals surface area (Å²) in [6.45, 7) is 0. The van der Waals surface area contributed by atoms with E-state index in [2.05, 4.69) is 0 Å². The van der Waals surface area contributed by atoms with Gasteiger partial charge in [0.25, 0.3) is 0 Å². The van der Waals surface area contributed by atoms with Gasteiger partial charge < -0.3 is 10.8 Å². The van der Waals surface area contributed by atoms with Crippen LogP contribution in [0.2, 0.25) is 0 Å². The Hall–Kier alpha value is -2.17. The number of benzene rings is 2. The zero-order valence-electron chi connectivity index (χ0n) is 9.20. The molecule has 0 aliphatic carbocycles. The number of hydrogen-bond acceptors (Lipinski definition) is 2. The van der Waals surface area contributed by atoms with Crippen LogP contribution in [0.5, 0.6) is 5.75 Å². The number of aromatic hydroxyl groups is 1. The molecule has 18 heavy (non-hydrogen) atoms. The van der Waals surface area contributed by atoms with Gasteiger partial charge in [0.05, 0.1) is 5.56 Å². The zero-order chi connectivity index (χ0) is 13.3. The molecule has 94 valence electrons. The van der Waals surface area contributed by atoms with E-state index in [4.69, 9.17) is 5.73 Å². The van der Waals surface area contributed by atoms with Gasteiger partial charge in [0.15, 0.2) is 0 Å².